The molecule has 0 spiro atoms. The SMILES string of the molecule is CCNC(Cc1ccncc1Cl)c1cnccc1C. The van der Waals surface area contributed by atoms with Gasteiger partial charge in [-0.3, -0.25) is 9.97 Å². The molecule has 0 aliphatic rings. The van der Waals surface area contributed by atoms with Crippen molar-refractivity contribution in [2.24, 2.45) is 0 Å². The first kappa shape index (κ1) is 14.0. The minimum atomic E-state index is 0.221. The monoisotopic (exact) mass is 275 g/mol. The second kappa shape index (κ2) is 6.64. The van der Waals surface area contributed by atoms with E-state index in [9.17, 15) is 0 Å². The van der Waals surface area contributed by atoms with Gasteiger partial charge in [-0.25, -0.2) is 0 Å². The molecule has 0 aromatic carbocycles. The van der Waals surface area contributed by atoms with Gasteiger partial charge in [0.25, 0.3) is 0 Å². The number of pyridine rings is 2. The van der Waals surface area contributed by atoms with Gasteiger partial charge in [0.1, 0.15) is 0 Å². The Morgan fingerprint density at radius 3 is 2.63 bits per heavy atom. The molecule has 0 radical (unpaired) electrons. The van der Waals surface area contributed by atoms with Gasteiger partial charge in [-0.05, 0) is 48.7 Å². The lowest BCUT2D eigenvalue weighted by atomic mass is 9.97. The molecule has 0 fully saturated rings. The first-order valence-electron chi connectivity index (χ1n) is 6.44. The maximum absolute atomic E-state index is 6.19. The molecule has 2 rings (SSSR count). The first-order valence-corrected chi connectivity index (χ1v) is 6.82. The van der Waals surface area contributed by atoms with Crippen LogP contribution >= 0.6 is 11.6 Å². The Hall–Kier alpha value is -1.45. The highest BCUT2D eigenvalue weighted by Crippen LogP contribution is 2.24. The van der Waals surface area contributed by atoms with Gasteiger partial charge in [-0.15, -0.1) is 0 Å². The quantitative estimate of drug-likeness (QED) is 0.909. The predicted molar refractivity (Wildman–Crippen MR) is 78.3 cm³/mol. The zero-order valence-corrected chi connectivity index (χ0v) is 12.0. The molecule has 4 heteroatoms. The largest absolute Gasteiger partial charge is 0.310 e. The predicted octanol–water partition coefficient (Wildman–Crippen LogP) is 3.33. The van der Waals surface area contributed by atoms with Crippen LogP contribution in [-0.2, 0) is 6.42 Å². The fourth-order valence-electron chi connectivity index (χ4n) is 2.17. The summed E-state index contributed by atoms with van der Waals surface area (Å²) in [5, 5.41) is 4.21. The maximum Gasteiger partial charge on any atom is 0.0622 e. The molecule has 1 N–H and O–H groups in total. The van der Waals surface area contributed by atoms with Crippen molar-refractivity contribution in [2.75, 3.05) is 6.54 Å². The lowest BCUT2D eigenvalue weighted by Crippen LogP contribution is -2.24. The number of halogens is 1. The molecule has 100 valence electrons. The third-order valence-corrected chi connectivity index (χ3v) is 3.53. The summed E-state index contributed by atoms with van der Waals surface area (Å²) in [6.45, 7) is 5.12. The van der Waals surface area contributed by atoms with Gasteiger partial charge >= 0.3 is 0 Å². The smallest absolute Gasteiger partial charge is 0.0622 e. The normalized spacial score (nSPS) is 12.4. The Kier molecular flexibility index (Phi) is 4.88. The van der Waals surface area contributed by atoms with Crippen LogP contribution in [0.1, 0.15) is 29.7 Å². The van der Waals surface area contributed by atoms with Gasteiger partial charge in [-0.2, -0.15) is 0 Å². The third-order valence-electron chi connectivity index (χ3n) is 3.19. The minimum Gasteiger partial charge on any atom is -0.310 e. The maximum atomic E-state index is 6.19. The van der Waals surface area contributed by atoms with Crippen molar-refractivity contribution in [1.29, 1.82) is 0 Å². The molecule has 3 nitrogen and oxygen atoms in total. The summed E-state index contributed by atoms with van der Waals surface area (Å²) in [6, 6.07) is 4.23. The number of hydrogen-bond acceptors (Lipinski definition) is 3. The summed E-state index contributed by atoms with van der Waals surface area (Å²) in [5.41, 5.74) is 3.56. The molecular formula is C15H18ClN3. The van der Waals surface area contributed by atoms with E-state index in [1.54, 1.807) is 12.4 Å². The van der Waals surface area contributed by atoms with Gasteiger partial charge in [0, 0.05) is 30.8 Å². The topological polar surface area (TPSA) is 37.8 Å². The Balaban J connectivity index is 2.27. The van der Waals surface area contributed by atoms with Crippen LogP contribution in [0.5, 0.6) is 0 Å². The average molecular weight is 276 g/mol. The Morgan fingerprint density at radius 1 is 1.21 bits per heavy atom. The van der Waals surface area contributed by atoms with Crippen molar-refractivity contribution < 1.29 is 0 Å². The molecule has 0 bridgehead atoms. The van der Waals surface area contributed by atoms with Crippen LogP contribution in [0.25, 0.3) is 0 Å². The molecule has 2 aromatic heterocycles. The lowest BCUT2D eigenvalue weighted by molar-refractivity contribution is 0.545. The Morgan fingerprint density at radius 2 is 1.95 bits per heavy atom. The van der Waals surface area contributed by atoms with Gasteiger partial charge in [-0.1, -0.05) is 18.5 Å². The van der Waals surface area contributed by atoms with Gasteiger partial charge in [0.05, 0.1) is 5.02 Å². The second-order valence-corrected chi connectivity index (χ2v) is 4.92. The van der Waals surface area contributed by atoms with Crippen molar-refractivity contribution in [3.63, 3.8) is 0 Å². The van der Waals surface area contributed by atoms with Gasteiger partial charge < -0.3 is 5.32 Å². The fraction of sp³-hybridized carbons (Fsp3) is 0.333. The van der Waals surface area contributed by atoms with Crippen molar-refractivity contribution in [3.05, 3.63) is 58.6 Å². The number of rotatable bonds is 5. The number of likely N-dealkylation sites (N-methyl/N-ethyl adjacent to an activating group) is 1. The molecular weight excluding hydrogens is 258 g/mol. The van der Waals surface area contributed by atoms with E-state index < -0.39 is 0 Å². The molecule has 0 saturated carbocycles. The standard InChI is InChI=1S/C15H18ClN3/c1-3-19-15(13-9-17-6-4-11(13)2)8-12-5-7-18-10-14(12)16/h4-7,9-10,15,19H,3,8H2,1-2H3. The summed E-state index contributed by atoms with van der Waals surface area (Å²) >= 11 is 6.19. The van der Waals surface area contributed by atoms with E-state index in [1.807, 2.05) is 24.5 Å². The van der Waals surface area contributed by atoms with Crippen LogP contribution in [0, 0.1) is 6.92 Å². The van der Waals surface area contributed by atoms with Crippen molar-refractivity contribution in [1.82, 2.24) is 15.3 Å². The summed E-state index contributed by atoms with van der Waals surface area (Å²) < 4.78 is 0. The van der Waals surface area contributed by atoms with Crippen molar-refractivity contribution in [3.8, 4) is 0 Å². The highest BCUT2D eigenvalue weighted by molar-refractivity contribution is 6.31. The number of aryl methyl sites for hydroxylation is 1. The van der Waals surface area contributed by atoms with Crippen molar-refractivity contribution >= 4 is 11.6 Å². The molecule has 0 saturated heterocycles. The van der Waals surface area contributed by atoms with E-state index in [4.69, 9.17) is 11.6 Å². The number of nitrogens with zero attached hydrogens (tertiary/aromatic N) is 2. The molecule has 1 unspecified atom stereocenters. The fourth-order valence-corrected chi connectivity index (χ4v) is 2.37. The Labute approximate surface area is 119 Å². The molecule has 0 aliphatic heterocycles. The summed E-state index contributed by atoms with van der Waals surface area (Å²) in [4.78, 5) is 8.25. The van der Waals surface area contributed by atoms with E-state index in [0.717, 1.165) is 18.5 Å². The third kappa shape index (κ3) is 3.52. The molecule has 2 aromatic rings. The molecule has 0 aliphatic carbocycles. The number of nitrogens with one attached hydrogen (secondary N) is 1. The zero-order chi connectivity index (χ0) is 13.7. The van der Waals surface area contributed by atoms with E-state index in [0.29, 0.717) is 5.02 Å². The second-order valence-electron chi connectivity index (χ2n) is 4.51. The van der Waals surface area contributed by atoms with E-state index in [2.05, 4.69) is 29.1 Å². The van der Waals surface area contributed by atoms with Gasteiger partial charge in [0.2, 0.25) is 0 Å². The van der Waals surface area contributed by atoms with Crippen LogP contribution in [0.3, 0.4) is 0 Å². The van der Waals surface area contributed by atoms with E-state index >= 15 is 0 Å². The molecule has 19 heavy (non-hydrogen) atoms. The van der Waals surface area contributed by atoms with E-state index in [-0.39, 0.29) is 6.04 Å². The number of aromatic nitrogens is 2. The lowest BCUT2D eigenvalue weighted by Gasteiger charge is -2.20. The molecule has 1 atom stereocenters. The summed E-state index contributed by atoms with van der Waals surface area (Å²) in [5.74, 6) is 0. The van der Waals surface area contributed by atoms with Gasteiger partial charge in [0.15, 0.2) is 0 Å². The van der Waals surface area contributed by atoms with Crippen molar-refractivity contribution in [2.45, 2.75) is 26.3 Å². The highest BCUT2D eigenvalue weighted by atomic mass is 35.5. The summed E-state index contributed by atoms with van der Waals surface area (Å²) in [7, 11) is 0. The average Bonchev–Trinajstić information content (AvgIpc) is 2.41. The van der Waals surface area contributed by atoms with Crippen LogP contribution in [0.2, 0.25) is 5.02 Å². The zero-order valence-electron chi connectivity index (χ0n) is 11.2. The molecule has 0 amide bonds. The minimum absolute atomic E-state index is 0.221. The molecule has 2 heterocycles. The van der Waals surface area contributed by atoms with Crippen LogP contribution in [0.4, 0.5) is 0 Å². The highest BCUT2D eigenvalue weighted by Gasteiger charge is 2.15. The van der Waals surface area contributed by atoms with Crippen LogP contribution in [0.15, 0.2) is 36.9 Å². The van der Waals surface area contributed by atoms with Crippen LogP contribution in [-0.4, -0.2) is 16.5 Å². The Bertz CT molecular complexity index is 542. The first-order chi connectivity index (χ1) is 9.22. The number of hydrogen-bond donors (Lipinski definition) is 1. The van der Waals surface area contributed by atoms with E-state index in [1.165, 1.54) is 11.1 Å². The summed E-state index contributed by atoms with van der Waals surface area (Å²) in [6.07, 6.45) is 8.05. The van der Waals surface area contributed by atoms with Crippen LogP contribution < -0.4 is 5.32 Å².